The summed E-state index contributed by atoms with van der Waals surface area (Å²) >= 11 is 6.20. The van der Waals surface area contributed by atoms with E-state index in [9.17, 15) is 4.79 Å². The van der Waals surface area contributed by atoms with Crippen LogP contribution >= 0.6 is 11.6 Å². The van der Waals surface area contributed by atoms with Gasteiger partial charge in [-0.2, -0.15) is 0 Å². The fourth-order valence-corrected chi connectivity index (χ4v) is 3.13. The van der Waals surface area contributed by atoms with Gasteiger partial charge >= 0.3 is 0 Å². The van der Waals surface area contributed by atoms with Crippen LogP contribution in [0.3, 0.4) is 0 Å². The monoisotopic (exact) mass is 361 g/mol. The molecule has 0 unspecified atom stereocenters. The molecule has 2 aromatic carbocycles. The van der Waals surface area contributed by atoms with Crippen molar-refractivity contribution >= 4 is 17.5 Å². The van der Waals surface area contributed by atoms with Gasteiger partial charge in [0.2, 0.25) is 6.79 Å². The summed E-state index contributed by atoms with van der Waals surface area (Å²) < 4.78 is 10.7. The highest BCUT2D eigenvalue weighted by Crippen LogP contribution is 2.34. The summed E-state index contributed by atoms with van der Waals surface area (Å²) in [6, 6.07) is 13.4. The van der Waals surface area contributed by atoms with Gasteiger partial charge in [0, 0.05) is 10.6 Å². The number of quaternary nitrogens is 1. The topological polar surface area (TPSA) is 64.2 Å². The number of hydrogen-bond donors (Lipinski definition) is 2. The molecule has 0 spiro atoms. The first-order valence-electron chi connectivity index (χ1n) is 8.31. The number of halogens is 1. The number of nitrogens with one attached hydrogen (secondary N) is 1. The summed E-state index contributed by atoms with van der Waals surface area (Å²) in [5.74, 6) is 1.44. The van der Waals surface area contributed by atoms with Gasteiger partial charge in [0.1, 0.15) is 6.04 Å². The van der Waals surface area contributed by atoms with Crippen LogP contribution in [0.4, 0.5) is 0 Å². The van der Waals surface area contributed by atoms with Crippen molar-refractivity contribution < 1.29 is 19.6 Å². The van der Waals surface area contributed by atoms with Crippen molar-refractivity contribution in [2.24, 2.45) is 0 Å². The van der Waals surface area contributed by atoms with E-state index in [1.54, 1.807) is 0 Å². The Hall–Kier alpha value is -2.24. The molecule has 132 valence electrons. The number of hydrogen-bond acceptors (Lipinski definition) is 3. The summed E-state index contributed by atoms with van der Waals surface area (Å²) in [4.78, 5) is 12.2. The predicted octanol–water partition coefficient (Wildman–Crippen LogP) is 2.57. The SMILES string of the molecule is C[C@H](NC(=O)C[NH2+][C@@H](C)c1ccccc1Cl)c1ccc2c(c1)OCO2. The Bertz CT molecular complexity index is 766. The minimum atomic E-state index is -0.106. The highest BCUT2D eigenvalue weighted by Gasteiger charge is 2.18. The highest BCUT2D eigenvalue weighted by molar-refractivity contribution is 6.31. The normalized spacial score (nSPS) is 14.8. The summed E-state index contributed by atoms with van der Waals surface area (Å²) in [7, 11) is 0. The third-order valence-corrected chi connectivity index (χ3v) is 4.67. The van der Waals surface area contributed by atoms with E-state index in [4.69, 9.17) is 21.1 Å². The van der Waals surface area contributed by atoms with Crippen LogP contribution in [0.2, 0.25) is 5.02 Å². The van der Waals surface area contributed by atoms with E-state index in [1.807, 2.05) is 61.6 Å². The van der Waals surface area contributed by atoms with Crippen LogP contribution in [0.5, 0.6) is 11.5 Å². The van der Waals surface area contributed by atoms with Crippen molar-refractivity contribution in [1.29, 1.82) is 0 Å². The second-order valence-electron chi connectivity index (χ2n) is 6.15. The zero-order chi connectivity index (χ0) is 17.8. The lowest BCUT2D eigenvalue weighted by atomic mass is 10.1. The molecule has 0 saturated carbocycles. The molecule has 1 aliphatic rings. The van der Waals surface area contributed by atoms with E-state index in [0.717, 1.165) is 27.6 Å². The van der Waals surface area contributed by atoms with Crippen LogP contribution in [0.1, 0.15) is 37.1 Å². The Kier molecular flexibility index (Phi) is 5.46. The molecule has 0 bridgehead atoms. The maximum Gasteiger partial charge on any atom is 0.275 e. The third-order valence-electron chi connectivity index (χ3n) is 4.33. The lowest BCUT2D eigenvalue weighted by molar-refractivity contribution is -0.682. The summed E-state index contributed by atoms with van der Waals surface area (Å²) in [6.07, 6.45) is 0. The smallest absolute Gasteiger partial charge is 0.275 e. The molecular formula is C19H22ClN2O3+. The highest BCUT2D eigenvalue weighted by atomic mass is 35.5. The number of fused-ring (bicyclic) bond motifs is 1. The molecule has 3 N–H and O–H groups in total. The molecule has 1 aliphatic heterocycles. The maximum atomic E-state index is 12.2. The van der Waals surface area contributed by atoms with Gasteiger partial charge in [0.15, 0.2) is 18.0 Å². The molecule has 0 saturated heterocycles. The van der Waals surface area contributed by atoms with Crippen molar-refractivity contribution in [3.05, 3.63) is 58.6 Å². The minimum absolute atomic E-state index is 0.0240. The first kappa shape index (κ1) is 17.6. The number of nitrogens with two attached hydrogens (primary N) is 1. The molecule has 0 fully saturated rings. The lowest BCUT2D eigenvalue weighted by Crippen LogP contribution is -2.87. The van der Waals surface area contributed by atoms with Gasteiger partial charge in [0.05, 0.1) is 6.04 Å². The summed E-state index contributed by atoms with van der Waals surface area (Å²) in [5.41, 5.74) is 2.01. The van der Waals surface area contributed by atoms with Gasteiger partial charge in [-0.1, -0.05) is 35.9 Å². The fourth-order valence-electron chi connectivity index (χ4n) is 2.82. The van der Waals surface area contributed by atoms with Crippen molar-refractivity contribution in [3.63, 3.8) is 0 Å². The average molecular weight is 362 g/mol. The number of carbonyl (C=O) groups is 1. The van der Waals surface area contributed by atoms with E-state index in [2.05, 4.69) is 5.32 Å². The molecule has 1 heterocycles. The van der Waals surface area contributed by atoms with Crippen molar-refractivity contribution in [2.45, 2.75) is 25.9 Å². The minimum Gasteiger partial charge on any atom is -0.454 e. The van der Waals surface area contributed by atoms with E-state index in [0.29, 0.717) is 6.54 Å². The van der Waals surface area contributed by atoms with Gasteiger partial charge in [-0.3, -0.25) is 4.79 Å². The van der Waals surface area contributed by atoms with Gasteiger partial charge in [-0.25, -0.2) is 0 Å². The standard InChI is InChI=1S/C19H21ClN2O3/c1-12(14-7-8-17-18(9-14)25-11-24-17)22-19(23)10-21-13(2)15-5-3-4-6-16(15)20/h3-9,12-13,21H,10-11H2,1-2H3,(H,22,23)/p+1/t12-,13-/m0/s1. The maximum absolute atomic E-state index is 12.2. The zero-order valence-corrected chi connectivity index (χ0v) is 15.0. The van der Waals surface area contributed by atoms with Crippen LogP contribution in [0.25, 0.3) is 0 Å². The van der Waals surface area contributed by atoms with Gasteiger partial charge in [0.25, 0.3) is 5.91 Å². The summed E-state index contributed by atoms with van der Waals surface area (Å²) in [5, 5.41) is 5.71. The zero-order valence-electron chi connectivity index (χ0n) is 14.3. The Balaban J connectivity index is 1.53. The lowest BCUT2D eigenvalue weighted by Gasteiger charge is -2.16. The number of benzene rings is 2. The first-order chi connectivity index (χ1) is 12.0. The molecule has 0 radical (unpaired) electrons. The molecule has 6 heteroatoms. The molecule has 1 amide bonds. The average Bonchev–Trinajstić information content (AvgIpc) is 3.07. The third kappa shape index (κ3) is 4.24. The van der Waals surface area contributed by atoms with Crippen LogP contribution < -0.4 is 20.1 Å². The molecule has 0 aromatic heterocycles. The molecule has 25 heavy (non-hydrogen) atoms. The van der Waals surface area contributed by atoms with E-state index >= 15 is 0 Å². The molecule has 3 rings (SSSR count). The number of carbonyl (C=O) groups excluding carboxylic acids is 1. The Labute approximate surface area is 152 Å². The van der Waals surface area contributed by atoms with Gasteiger partial charge in [-0.15, -0.1) is 0 Å². The van der Waals surface area contributed by atoms with Crippen molar-refractivity contribution in [3.8, 4) is 11.5 Å². The Morgan fingerprint density at radius 3 is 2.76 bits per heavy atom. The molecule has 0 aliphatic carbocycles. The number of ether oxygens (including phenoxy) is 2. The van der Waals surface area contributed by atoms with Crippen LogP contribution in [-0.4, -0.2) is 19.2 Å². The van der Waals surface area contributed by atoms with Crippen LogP contribution in [0.15, 0.2) is 42.5 Å². The fraction of sp³-hybridized carbons (Fsp3) is 0.316. The molecular weight excluding hydrogens is 340 g/mol. The van der Waals surface area contributed by atoms with E-state index < -0.39 is 0 Å². The van der Waals surface area contributed by atoms with Crippen LogP contribution in [-0.2, 0) is 4.79 Å². The number of amides is 1. The van der Waals surface area contributed by atoms with Gasteiger partial charge in [-0.05, 0) is 37.6 Å². The van der Waals surface area contributed by atoms with E-state index in [-0.39, 0.29) is 24.8 Å². The van der Waals surface area contributed by atoms with E-state index in [1.165, 1.54) is 0 Å². The quantitative estimate of drug-likeness (QED) is 0.831. The molecule has 2 atom stereocenters. The Morgan fingerprint density at radius 1 is 1.20 bits per heavy atom. The van der Waals surface area contributed by atoms with Crippen LogP contribution in [0, 0.1) is 0 Å². The van der Waals surface area contributed by atoms with Crippen molar-refractivity contribution in [1.82, 2.24) is 5.32 Å². The molecule has 5 nitrogen and oxygen atoms in total. The second kappa shape index (κ2) is 7.76. The number of rotatable bonds is 6. The second-order valence-corrected chi connectivity index (χ2v) is 6.56. The van der Waals surface area contributed by atoms with Crippen molar-refractivity contribution in [2.75, 3.05) is 13.3 Å². The predicted molar refractivity (Wildman–Crippen MR) is 95.8 cm³/mol. The van der Waals surface area contributed by atoms with Gasteiger partial charge < -0.3 is 20.1 Å². The largest absolute Gasteiger partial charge is 0.454 e. The Morgan fingerprint density at radius 2 is 1.96 bits per heavy atom. The molecule has 2 aromatic rings. The first-order valence-corrected chi connectivity index (χ1v) is 8.69. The summed E-state index contributed by atoms with van der Waals surface area (Å²) in [6.45, 7) is 4.57.